The maximum atomic E-state index is 4.39. The summed E-state index contributed by atoms with van der Waals surface area (Å²) in [4.78, 5) is 8.76. The van der Waals surface area contributed by atoms with Crippen molar-refractivity contribution >= 4 is 11.6 Å². The summed E-state index contributed by atoms with van der Waals surface area (Å²) in [7, 11) is 0. The lowest BCUT2D eigenvalue weighted by Gasteiger charge is -2.12. The first-order chi connectivity index (χ1) is 7.19. The Labute approximate surface area is 91.5 Å². The third-order valence-electron chi connectivity index (χ3n) is 2.14. The number of hydrogen-bond acceptors (Lipinski definition) is 4. The van der Waals surface area contributed by atoms with Gasteiger partial charge < -0.3 is 10.6 Å². The van der Waals surface area contributed by atoms with Crippen LogP contribution in [-0.4, -0.2) is 23.1 Å². The molecule has 0 aromatic carbocycles. The van der Waals surface area contributed by atoms with Crippen LogP contribution < -0.4 is 10.6 Å². The van der Waals surface area contributed by atoms with Crippen LogP contribution in [0.5, 0.6) is 0 Å². The highest BCUT2D eigenvalue weighted by Gasteiger charge is 2.07. The van der Waals surface area contributed by atoms with Gasteiger partial charge in [0.15, 0.2) is 0 Å². The lowest BCUT2D eigenvalue weighted by molar-refractivity contribution is 0.944. The first-order valence-corrected chi connectivity index (χ1v) is 5.52. The number of aromatic nitrogens is 2. The van der Waals surface area contributed by atoms with Gasteiger partial charge in [-0.1, -0.05) is 6.92 Å². The third-order valence-corrected chi connectivity index (χ3v) is 2.14. The van der Waals surface area contributed by atoms with Crippen molar-refractivity contribution < 1.29 is 0 Å². The summed E-state index contributed by atoms with van der Waals surface area (Å²) < 4.78 is 0. The van der Waals surface area contributed by atoms with Crippen molar-refractivity contribution in [1.82, 2.24) is 9.97 Å². The zero-order valence-corrected chi connectivity index (χ0v) is 10.0. The highest BCUT2D eigenvalue weighted by molar-refractivity contribution is 5.57. The Hall–Kier alpha value is -1.32. The number of nitrogens with zero attached hydrogens (tertiary/aromatic N) is 2. The topological polar surface area (TPSA) is 49.8 Å². The molecule has 0 amide bonds. The Morgan fingerprint density at radius 3 is 2.13 bits per heavy atom. The molecule has 2 N–H and O–H groups in total. The van der Waals surface area contributed by atoms with Gasteiger partial charge in [0.1, 0.15) is 17.5 Å². The smallest absolute Gasteiger partial charge is 0.134 e. The van der Waals surface area contributed by atoms with Crippen molar-refractivity contribution in [3.05, 3.63) is 11.4 Å². The largest absolute Gasteiger partial charge is 0.370 e. The van der Waals surface area contributed by atoms with E-state index in [1.165, 1.54) is 0 Å². The molecule has 0 saturated carbocycles. The van der Waals surface area contributed by atoms with E-state index in [-0.39, 0.29) is 0 Å². The van der Waals surface area contributed by atoms with Gasteiger partial charge >= 0.3 is 0 Å². The highest BCUT2D eigenvalue weighted by atomic mass is 15.1. The van der Waals surface area contributed by atoms with Crippen LogP contribution in [0.4, 0.5) is 11.6 Å². The SMILES string of the molecule is CCCNc1nc(C)nc(NCC)c1C. The van der Waals surface area contributed by atoms with Gasteiger partial charge in [-0.3, -0.25) is 0 Å². The second-order valence-corrected chi connectivity index (χ2v) is 3.55. The fraction of sp³-hybridized carbons (Fsp3) is 0.636. The molecule has 1 rings (SSSR count). The molecule has 0 unspecified atom stereocenters. The van der Waals surface area contributed by atoms with Crippen molar-refractivity contribution in [1.29, 1.82) is 0 Å². The van der Waals surface area contributed by atoms with Crippen LogP contribution in [0.3, 0.4) is 0 Å². The van der Waals surface area contributed by atoms with Crippen molar-refractivity contribution in [2.45, 2.75) is 34.1 Å². The molecule has 0 aliphatic carbocycles. The Balaban J connectivity index is 2.93. The number of aryl methyl sites for hydroxylation is 1. The lowest BCUT2D eigenvalue weighted by Crippen LogP contribution is -2.10. The Morgan fingerprint density at radius 2 is 1.60 bits per heavy atom. The summed E-state index contributed by atoms with van der Waals surface area (Å²) in [6, 6.07) is 0. The maximum Gasteiger partial charge on any atom is 0.134 e. The van der Waals surface area contributed by atoms with Crippen LogP contribution in [0.25, 0.3) is 0 Å². The number of anilines is 2. The minimum absolute atomic E-state index is 0.801. The van der Waals surface area contributed by atoms with E-state index in [2.05, 4.69) is 34.4 Å². The van der Waals surface area contributed by atoms with Crippen LogP contribution in [0, 0.1) is 13.8 Å². The summed E-state index contributed by atoms with van der Waals surface area (Å²) >= 11 is 0. The Morgan fingerprint density at radius 1 is 1.00 bits per heavy atom. The van der Waals surface area contributed by atoms with Crippen molar-refractivity contribution in [2.24, 2.45) is 0 Å². The molecule has 0 bridgehead atoms. The van der Waals surface area contributed by atoms with E-state index in [0.29, 0.717) is 0 Å². The first-order valence-electron chi connectivity index (χ1n) is 5.52. The van der Waals surface area contributed by atoms with Gasteiger partial charge in [-0.25, -0.2) is 9.97 Å². The summed E-state index contributed by atoms with van der Waals surface area (Å²) in [6.07, 6.45) is 1.10. The van der Waals surface area contributed by atoms with Crippen LogP contribution in [0.1, 0.15) is 31.7 Å². The van der Waals surface area contributed by atoms with Crippen LogP contribution in [0.15, 0.2) is 0 Å². The average molecular weight is 208 g/mol. The molecule has 0 saturated heterocycles. The van der Waals surface area contributed by atoms with Crippen molar-refractivity contribution in [2.75, 3.05) is 23.7 Å². The minimum atomic E-state index is 0.801. The fourth-order valence-electron chi connectivity index (χ4n) is 1.38. The monoisotopic (exact) mass is 208 g/mol. The summed E-state index contributed by atoms with van der Waals surface area (Å²) in [5.41, 5.74) is 1.09. The van der Waals surface area contributed by atoms with Gasteiger partial charge in [-0.15, -0.1) is 0 Å². The van der Waals surface area contributed by atoms with Gasteiger partial charge in [0.2, 0.25) is 0 Å². The molecule has 0 spiro atoms. The molecule has 4 nitrogen and oxygen atoms in total. The normalized spacial score (nSPS) is 10.1. The third kappa shape index (κ3) is 3.08. The summed E-state index contributed by atoms with van der Waals surface area (Å²) in [6.45, 7) is 9.98. The molecule has 0 aliphatic rings. The summed E-state index contributed by atoms with van der Waals surface area (Å²) in [5.74, 6) is 2.68. The Kier molecular flexibility index (Phi) is 4.34. The number of rotatable bonds is 5. The second kappa shape index (κ2) is 5.53. The highest BCUT2D eigenvalue weighted by Crippen LogP contribution is 2.19. The van der Waals surface area contributed by atoms with Gasteiger partial charge in [0, 0.05) is 18.7 Å². The van der Waals surface area contributed by atoms with Crippen LogP contribution >= 0.6 is 0 Å². The van der Waals surface area contributed by atoms with Crippen LogP contribution in [-0.2, 0) is 0 Å². The molecule has 84 valence electrons. The molecule has 1 aromatic rings. The van der Waals surface area contributed by atoms with E-state index < -0.39 is 0 Å². The van der Waals surface area contributed by atoms with Gasteiger partial charge in [0.05, 0.1) is 0 Å². The van der Waals surface area contributed by atoms with Gasteiger partial charge in [-0.2, -0.15) is 0 Å². The zero-order chi connectivity index (χ0) is 11.3. The summed E-state index contributed by atoms with van der Waals surface area (Å²) in [5, 5.41) is 6.55. The Bertz CT molecular complexity index is 323. The molecule has 1 heterocycles. The molecular formula is C11H20N4. The maximum absolute atomic E-state index is 4.39. The minimum Gasteiger partial charge on any atom is -0.370 e. The van der Waals surface area contributed by atoms with Gasteiger partial charge in [-0.05, 0) is 27.2 Å². The predicted molar refractivity (Wildman–Crippen MR) is 64.5 cm³/mol. The molecule has 0 atom stereocenters. The molecule has 0 fully saturated rings. The molecular weight excluding hydrogens is 188 g/mol. The van der Waals surface area contributed by atoms with E-state index in [4.69, 9.17) is 0 Å². The van der Waals surface area contributed by atoms with Gasteiger partial charge in [0.25, 0.3) is 0 Å². The van der Waals surface area contributed by atoms with Crippen LogP contribution in [0.2, 0.25) is 0 Å². The molecule has 0 aliphatic heterocycles. The number of hydrogen-bond donors (Lipinski definition) is 2. The first kappa shape index (κ1) is 11.8. The molecule has 0 radical (unpaired) electrons. The van der Waals surface area contributed by atoms with E-state index in [0.717, 1.165) is 42.5 Å². The second-order valence-electron chi connectivity index (χ2n) is 3.55. The van der Waals surface area contributed by atoms with E-state index in [1.807, 2.05) is 13.8 Å². The molecule has 15 heavy (non-hydrogen) atoms. The lowest BCUT2D eigenvalue weighted by atomic mass is 10.3. The standard InChI is InChI=1S/C11H20N4/c1-5-7-13-11-8(3)10(12-6-2)14-9(4)15-11/h5-7H2,1-4H3,(H2,12,13,14,15). The van der Waals surface area contributed by atoms with E-state index in [9.17, 15) is 0 Å². The van der Waals surface area contributed by atoms with Crippen molar-refractivity contribution in [3.8, 4) is 0 Å². The molecule has 1 aromatic heterocycles. The fourth-order valence-corrected chi connectivity index (χ4v) is 1.38. The number of nitrogens with one attached hydrogen (secondary N) is 2. The molecule has 4 heteroatoms. The zero-order valence-electron chi connectivity index (χ0n) is 10.0. The quantitative estimate of drug-likeness (QED) is 0.780. The van der Waals surface area contributed by atoms with E-state index >= 15 is 0 Å². The average Bonchev–Trinajstić information content (AvgIpc) is 2.21. The van der Waals surface area contributed by atoms with Crippen molar-refractivity contribution in [3.63, 3.8) is 0 Å². The predicted octanol–water partition coefficient (Wildman–Crippen LogP) is 2.35. The van der Waals surface area contributed by atoms with E-state index in [1.54, 1.807) is 0 Å².